The maximum absolute atomic E-state index is 11.6. The van der Waals surface area contributed by atoms with Crippen LogP contribution in [0.3, 0.4) is 0 Å². The molecule has 0 heterocycles. The molecule has 0 aliphatic carbocycles. The van der Waals surface area contributed by atoms with E-state index in [1.165, 1.54) is 0 Å². The van der Waals surface area contributed by atoms with E-state index < -0.39 is 0 Å². The van der Waals surface area contributed by atoms with Gasteiger partial charge in [0, 0.05) is 26.2 Å². The van der Waals surface area contributed by atoms with E-state index in [4.69, 9.17) is 10.5 Å². The van der Waals surface area contributed by atoms with Gasteiger partial charge < -0.3 is 15.4 Å². The van der Waals surface area contributed by atoms with Gasteiger partial charge in [-0.2, -0.15) is 0 Å². The van der Waals surface area contributed by atoms with Crippen molar-refractivity contribution in [2.45, 2.75) is 6.92 Å². The topological polar surface area (TPSA) is 55.6 Å². The average molecular weight is 248 g/mol. The minimum absolute atomic E-state index is 0.0469. The van der Waals surface area contributed by atoms with Gasteiger partial charge in [-0.3, -0.25) is 4.79 Å². The maximum Gasteiger partial charge on any atom is 0.246 e. The van der Waals surface area contributed by atoms with E-state index in [9.17, 15) is 4.79 Å². The lowest BCUT2D eigenvalue weighted by Crippen LogP contribution is -2.30. The molecule has 0 spiro atoms. The quantitative estimate of drug-likeness (QED) is 0.776. The Hall–Kier alpha value is -1.81. The van der Waals surface area contributed by atoms with Crippen molar-refractivity contribution in [1.82, 2.24) is 4.90 Å². The second-order valence-electron chi connectivity index (χ2n) is 3.88. The standard InChI is InChI=1S/C14H20N2O2/c1-3-18-13-7-4-12(5-8-13)6-9-14(17)16(2)11-10-15/h4-9H,3,10-11,15H2,1-2H3/b9-6+. The van der Waals surface area contributed by atoms with Gasteiger partial charge in [0.25, 0.3) is 0 Å². The Labute approximate surface area is 108 Å². The summed E-state index contributed by atoms with van der Waals surface area (Å²) in [5.74, 6) is 0.788. The zero-order chi connectivity index (χ0) is 13.4. The van der Waals surface area contributed by atoms with Gasteiger partial charge in [0.15, 0.2) is 0 Å². The molecule has 2 N–H and O–H groups in total. The van der Waals surface area contributed by atoms with E-state index >= 15 is 0 Å². The summed E-state index contributed by atoms with van der Waals surface area (Å²) < 4.78 is 5.34. The molecule has 0 radical (unpaired) electrons. The third-order valence-electron chi connectivity index (χ3n) is 2.45. The zero-order valence-electron chi connectivity index (χ0n) is 10.9. The highest BCUT2D eigenvalue weighted by atomic mass is 16.5. The van der Waals surface area contributed by atoms with Crippen LogP contribution < -0.4 is 10.5 Å². The number of carbonyl (C=O) groups excluding carboxylic acids is 1. The van der Waals surface area contributed by atoms with Gasteiger partial charge >= 0.3 is 0 Å². The molecule has 98 valence electrons. The van der Waals surface area contributed by atoms with Crippen LogP contribution in [0.25, 0.3) is 6.08 Å². The van der Waals surface area contributed by atoms with Crippen LogP contribution in [0.5, 0.6) is 5.75 Å². The minimum atomic E-state index is -0.0469. The molecule has 1 aromatic rings. The van der Waals surface area contributed by atoms with Gasteiger partial charge in [-0.25, -0.2) is 0 Å². The summed E-state index contributed by atoms with van der Waals surface area (Å²) in [6, 6.07) is 7.60. The molecule has 0 bridgehead atoms. The lowest BCUT2D eigenvalue weighted by atomic mass is 10.2. The van der Waals surface area contributed by atoms with Crippen LogP contribution in [0.1, 0.15) is 12.5 Å². The highest BCUT2D eigenvalue weighted by molar-refractivity contribution is 5.91. The first-order valence-corrected chi connectivity index (χ1v) is 6.03. The van der Waals surface area contributed by atoms with E-state index in [1.54, 1.807) is 24.1 Å². The van der Waals surface area contributed by atoms with Crippen molar-refractivity contribution in [2.24, 2.45) is 5.73 Å². The molecule has 0 aliphatic rings. The molecular weight excluding hydrogens is 228 g/mol. The second kappa shape index (κ2) is 7.50. The van der Waals surface area contributed by atoms with Crippen LogP contribution in [-0.2, 0) is 4.79 Å². The summed E-state index contributed by atoms with van der Waals surface area (Å²) in [6.07, 6.45) is 3.33. The molecule has 0 saturated heterocycles. The molecule has 1 aromatic carbocycles. The van der Waals surface area contributed by atoms with Crippen molar-refractivity contribution in [3.63, 3.8) is 0 Å². The number of likely N-dealkylation sites (N-methyl/N-ethyl adjacent to an activating group) is 1. The monoisotopic (exact) mass is 248 g/mol. The Morgan fingerprint density at radius 1 is 1.39 bits per heavy atom. The Morgan fingerprint density at radius 3 is 2.61 bits per heavy atom. The van der Waals surface area contributed by atoms with Crippen LogP contribution >= 0.6 is 0 Å². The summed E-state index contributed by atoms with van der Waals surface area (Å²) in [7, 11) is 1.73. The molecule has 0 aliphatic heterocycles. The summed E-state index contributed by atoms with van der Waals surface area (Å²) in [5.41, 5.74) is 6.35. The zero-order valence-corrected chi connectivity index (χ0v) is 10.9. The second-order valence-corrected chi connectivity index (χ2v) is 3.88. The molecule has 4 heteroatoms. The first-order valence-electron chi connectivity index (χ1n) is 6.03. The largest absolute Gasteiger partial charge is 0.494 e. The van der Waals surface area contributed by atoms with Crippen molar-refractivity contribution in [1.29, 1.82) is 0 Å². The molecule has 18 heavy (non-hydrogen) atoms. The number of ether oxygens (including phenoxy) is 1. The molecule has 1 amide bonds. The maximum atomic E-state index is 11.6. The number of hydrogen-bond acceptors (Lipinski definition) is 3. The van der Waals surface area contributed by atoms with Crippen molar-refractivity contribution >= 4 is 12.0 Å². The van der Waals surface area contributed by atoms with E-state index in [0.29, 0.717) is 19.7 Å². The van der Waals surface area contributed by atoms with Crippen molar-refractivity contribution in [3.05, 3.63) is 35.9 Å². The number of nitrogens with zero attached hydrogens (tertiary/aromatic N) is 1. The van der Waals surface area contributed by atoms with E-state index in [1.807, 2.05) is 31.2 Å². The molecule has 1 rings (SSSR count). The number of nitrogens with two attached hydrogens (primary N) is 1. The summed E-state index contributed by atoms with van der Waals surface area (Å²) in [6.45, 7) is 3.63. The van der Waals surface area contributed by atoms with Crippen LogP contribution in [0.2, 0.25) is 0 Å². The fourth-order valence-corrected chi connectivity index (χ4v) is 1.44. The molecule has 0 saturated carbocycles. The predicted octanol–water partition coefficient (Wildman–Crippen LogP) is 1.52. The normalized spacial score (nSPS) is 10.6. The molecule has 0 fully saturated rings. The first kappa shape index (κ1) is 14.3. The van der Waals surface area contributed by atoms with Crippen LogP contribution in [0, 0.1) is 0 Å². The van der Waals surface area contributed by atoms with E-state index in [2.05, 4.69) is 0 Å². The van der Waals surface area contributed by atoms with Gasteiger partial charge in [-0.1, -0.05) is 12.1 Å². The fraction of sp³-hybridized carbons (Fsp3) is 0.357. The molecule has 0 unspecified atom stereocenters. The Morgan fingerprint density at radius 2 is 2.06 bits per heavy atom. The van der Waals surface area contributed by atoms with Crippen LogP contribution in [0.15, 0.2) is 30.3 Å². The fourth-order valence-electron chi connectivity index (χ4n) is 1.44. The van der Waals surface area contributed by atoms with E-state index in [-0.39, 0.29) is 5.91 Å². The van der Waals surface area contributed by atoms with Crippen LogP contribution in [0.4, 0.5) is 0 Å². The van der Waals surface area contributed by atoms with Gasteiger partial charge in [0.2, 0.25) is 5.91 Å². The van der Waals surface area contributed by atoms with Gasteiger partial charge in [-0.15, -0.1) is 0 Å². The third kappa shape index (κ3) is 4.59. The number of rotatable bonds is 6. The van der Waals surface area contributed by atoms with Crippen molar-refractivity contribution < 1.29 is 9.53 Å². The Bertz CT molecular complexity index is 399. The number of benzene rings is 1. The molecular formula is C14H20N2O2. The van der Waals surface area contributed by atoms with Crippen LogP contribution in [-0.4, -0.2) is 37.6 Å². The van der Waals surface area contributed by atoms with Gasteiger partial charge in [0.05, 0.1) is 6.61 Å². The SMILES string of the molecule is CCOc1ccc(/C=C/C(=O)N(C)CCN)cc1. The highest BCUT2D eigenvalue weighted by Crippen LogP contribution is 2.13. The van der Waals surface area contributed by atoms with Gasteiger partial charge in [0.1, 0.15) is 5.75 Å². The first-order chi connectivity index (χ1) is 8.67. The summed E-state index contributed by atoms with van der Waals surface area (Å²) in [5, 5.41) is 0. The highest BCUT2D eigenvalue weighted by Gasteiger charge is 2.02. The number of carbonyl (C=O) groups is 1. The number of amides is 1. The molecule has 0 atom stereocenters. The van der Waals surface area contributed by atoms with Crippen molar-refractivity contribution in [3.8, 4) is 5.75 Å². The number of hydrogen-bond donors (Lipinski definition) is 1. The average Bonchev–Trinajstić information content (AvgIpc) is 2.38. The van der Waals surface area contributed by atoms with Crippen molar-refractivity contribution in [2.75, 3.05) is 26.7 Å². The molecule has 4 nitrogen and oxygen atoms in total. The third-order valence-corrected chi connectivity index (χ3v) is 2.45. The smallest absolute Gasteiger partial charge is 0.246 e. The predicted molar refractivity (Wildman–Crippen MR) is 73.3 cm³/mol. The lowest BCUT2D eigenvalue weighted by Gasteiger charge is -2.12. The molecule has 0 aromatic heterocycles. The summed E-state index contributed by atoms with van der Waals surface area (Å²) in [4.78, 5) is 13.2. The lowest BCUT2D eigenvalue weighted by molar-refractivity contribution is -0.124. The Balaban J connectivity index is 2.58. The summed E-state index contributed by atoms with van der Waals surface area (Å²) >= 11 is 0. The minimum Gasteiger partial charge on any atom is -0.494 e. The van der Waals surface area contributed by atoms with E-state index in [0.717, 1.165) is 11.3 Å². The Kier molecular flexibility index (Phi) is 5.94. The van der Waals surface area contributed by atoms with Gasteiger partial charge in [-0.05, 0) is 30.7 Å².